The van der Waals surface area contributed by atoms with Crippen LogP contribution in [0.1, 0.15) is 18.5 Å². The molecule has 1 heterocycles. The molecule has 0 saturated carbocycles. The quantitative estimate of drug-likeness (QED) is 0.711. The molecule has 0 aliphatic heterocycles. The molecule has 0 fully saturated rings. The molecule has 1 atom stereocenters. The lowest BCUT2D eigenvalue weighted by Crippen LogP contribution is -2.20. The molecule has 5 nitrogen and oxygen atoms in total. The third-order valence-electron chi connectivity index (χ3n) is 2.55. The SMILES string of the molecule is CC(c1ccccc1)n1c(O)c(O)[nH]c1=O. The number of aromatic hydroxyl groups is 2. The molecule has 5 heteroatoms. The van der Waals surface area contributed by atoms with E-state index < -0.39 is 17.4 Å². The molecule has 0 amide bonds. The first kappa shape index (κ1) is 10.4. The van der Waals surface area contributed by atoms with Crippen LogP contribution in [0.4, 0.5) is 0 Å². The van der Waals surface area contributed by atoms with Gasteiger partial charge in [-0.15, -0.1) is 0 Å². The molecule has 1 unspecified atom stereocenters. The molecule has 16 heavy (non-hydrogen) atoms. The highest BCUT2D eigenvalue weighted by molar-refractivity contribution is 5.28. The minimum Gasteiger partial charge on any atom is -0.491 e. The zero-order valence-electron chi connectivity index (χ0n) is 8.71. The van der Waals surface area contributed by atoms with Crippen LogP contribution in [-0.2, 0) is 0 Å². The standard InChI is InChI=1S/C11H12N2O3/c1-7(8-5-3-2-4-6-8)13-10(15)9(14)12-11(13)16/h2-7,14-15H,1H3,(H,12,16). The molecule has 0 saturated heterocycles. The monoisotopic (exact) mass is 220 g/mol. The maximum absolute atomic E-state index is 11.5. The van der Waals surface area contributed by atoms with Crippen LogP contribution >= 0.6 is 0 Å². The highest BCUT2D eigenvalue weighted by Crippen LogP contribution is 2.26. The van der Waals surface area contributed by atoms with Gasteiger partial charge in [0.05, 0.1) is 6.04 Å². The van der Waals surface area contributed by atoms with Gasteiger partial charge < -0.3 is 10.2 Å². The fourth-order valence-electron chi connectivity index (χ4n) is 1.67. The number of aromatic nitrogens is 2. The van der Waals surface area contributed by atoms with Gasteiger partial charge in [0.15, 0.2) is 0 Å². The van der Waals surface area contributed by atoms with E-state index in [0.29, 0.717) is 0 Å². The summed E-state index contributed by atoms with van der Waals surface area (Å²) in [5.41, 5.74) is 0.338. The number of nitrogens with one attached hydrogen (secondary N) is 1. The van der Waals surface area contributed by atoms with Crippen molar-refractivity contribution in [3.63, 3.8) is 0 Å². The summed E-state index contributed by atoms with van der Waals surface area (Å²) in [7, 11) is 0. The van der Waals surface area contributed by atoms with Crippen LogP contribution in [0, 0.1) is 0 Å². The highest BCUT2D eigenvalue weighted by Gasteiger charge is 2.18. The number of hydrogen-bond donors (Lipinski definition) is 3. The summed E-state index contributed by atoms with van der Waals surface area (Å²) in [6.07, 6.45) is 0. The van der Waals surface area contributed by atoms with Crippen molar-refractivity contribution in [3.8, 4) is 11.8 Å². The largest absolute Gasteiger partial charge is 0.491 e. The molecular formula is C11H12N2O3. The van der Waals surface area contributed by atoms with Crippen molar-refractivity contribution in [2.24, 2.45) is 0 Å². The lowest BCUT2D eigenvalue weighted by Gasteiger charge is -2.12. The summed E-state index contributed by atoms with van der Waals surface area (Å²) in [6, 6.07) is 8.92. The first-order valence-electron chi connectivity index (χ1n) is 4.88. The summed E-state index contributed by atoms with van der Waals surface area (Å²) < 4.78 is 1.10. The minimum absolute atomic E-state index is 0.342. The molecule has 0 radical (unpaired) electrons. The van der Waals surface area contributed by atoms with E-state index in [2.05, 4.69) is 4.98 Å². The second kappa shape index (κ2) is 3.77. The van der Waals surface area contributed by atoms with Gasteiger partial charge in [0.25, 0.3) is 11.8 Å². The zero-order valence-corrected chi connectivity index (χ0v) is 8.71. The zero-order chi connectivity index (χ0) is 11.7. The Morgan fingerprint density at radius 3 is 2.38 bits per heavy atom. The van der Waals surface area contributed by atoms with Crippen LogP contribution < -0.4 is 5.69 Å². The summed E-state index contributed by atoms with van der Waals surface area (Å²) in [6.45, 7) is 1.77. The maximum Gasteiger partial charge on any atom is 0.331 e. The van der Waals surface area contributed by atoms with Gasteiger partial charge in [-0.2, -0.15) is 0 Å². The van der Waals surface area contributed by atoms with Crippen molar-refractivity contribution in [2.75, 3.05) is 0 Å². The Labute approximate surface area is 91.6 Å². The highest BCUT2D eigenvalue weighted by atomic mass is 16.3. The number of imidazole rings is 1. The van der Waals surface area contributed by atoms with Gasteiger partial charge in [0, 0.05) is 0 Å². The molecule has 3 N–H and O–H groups in total. The summed E-state index contributed by atoms with van der Waals surface area (Å²) in [5, 5.41) is 18.7. The average Bonchev–Trinajstić information content (AvgIpc) is 2.54. The topological polar surface area (TPSA) is 78.2 Å². The molecule has 2 aromatic rings. The van der Waals surface area contributed by atoms with Crippen molar-refractivity contribution in [3.05, 3.63) is 46.4 Å². The summed E-state index contributed by atoms with van der Waals surface area (Å²) >= 11 is 0. The Balaban J connectivity index is 2.50. The smallest absolute Gasteiger partial charge is 0.331 e. The molecular weight excluding hydrogens is 208 g/mol. The molecule has 0 aliphatic rings. The number of aromatic amines is 1. The van der Waals surface area contributed by atoms with Crippen LogP contribution in [0.15, 0.2) is 35.1 Å². The predicted octanol–water partition coefficient (Wildman–Crippen LogP) is 1.20. The molecule has 1 aromatic carbocycles. The Morgan fingerprint density at radius 2 is 1.88 bits per heavy atom. The number of benzene rings is 1. The van der Waals surface area contributed by atoms with Crippen LogP contribution in [0.5, 0.6) is 11.8 Å². The van der Waals surface area contributed by atoms with Crippen molar-refractivity contribution in [2.45, 2.75) is 13.0 Å². The Bertz CT molecular complexity index is 542. The van der Waals surface area contributed by atoms with Crippen LogP contribution in [0.3, 0.4) is 0 Å². The molecule has 1 aromatic heterocycles. The van der Waals surface area contributed by atoms with E-state index in [1.54, 1.807) is 6.92 Å². The van der Waals surface area contributed by atoms with Crippen LogP contribution in [0.2, 0.25) is 0 Å². The average molecular weight is 220 g/mol. The first-order chi connectivity index (χ1) is 7.61. The lowest BCUT2D eigenvalue weighted by molar-refractivity contribution is 0.360. The summed E-state index contributed by atoms with van der Waals surface area (Å²) in [5.74, 6) is -0.950. The van der Waals surface area contributed by atoms with E-state index in [4.69, 9.17) is 0 Å². The molecule has 0 bridgehead atoms. The molecule has 84 valence electrons. The molecule has 2 rings (SSSR count). The number of rotatable bonds is 2. The first-order valence-corrected chi connectivity index (χ1v) is 4.88. The van der Waals surface area contributed by atoms with Gasteiger partial charge in [0.1, 0.15) is 0 Å². The van der Waals surface area contributed by atoms with Crippen molar-refractivity contribution >= 4 is 0 Å². The second-order valence-electron chi connectivity index (χ2n) is 3.56. The predicted molar refractivity (Wildman–Crippen MR) is 58.6 cm³/mol. The van der Waals surface area contributed by atoms with E-state index in [0.717, 1.165) is 10.1 Å². The number of nitrogens with zero attached hydrogens (tertiary/aromatic N) is 1. The van der Waals surface area contributed by atoms with E-state index in [-0.39, 0.29) is 6.04 Å². The third-order valence-corrected chi connectivity index (χ3v) is 2.55. The Hall–Kier alpha value is -2.17. The molecule has 0 aliphatic carbocycles. The lowest BCUT2D eigenvalue weighted by atomic mass is 10.1. The van der Waals surface area contributed by atoms with E-state index >= 15 is 0 Å². The van der Waals surface area contributed by atoms with Crippen molar-refractivity contribution in [1.82, 2.24) is 9.55 Å². The third kappa shape index (κ3) is 1.56. The Kier molecular flexibility index (Phi) is 2.44. The van der Waals surface area contributed by atoms with Crippen LogP contribution in [-0.4, -0.2) is 19.8 Å². The normalized spacial score (nSPS) is 12.6. The fourth-order valence-corrected chi connectivity index (χ4v) is 1.67. The van der Waals surface area contributed by atoms with Gasteiger partial charge in [-0.3, -0.25) is 9.55 Å². The van der Waals surface area contributed by atoms with E-state index in [1.165, 1.54) is 0 Å². The van der Waals surface area contributed by atoms with Crippen molar-refractivity contribution < 1.29 is 10.2 Å². The van der Waals surface area contributed by atoms with Gasteiger partial charge in [-0.05, 0) is 12.5 Å². The van der Waals surface area contributed by atoms with E-state index in [1.807, 2.05) is 30.3 Å². The molecule has 0 spiro atoms. The van der Waals surface area contributed by atoms with Gasteiger partial charge in [-0.25, -0.2) is 4.79 Å². The fraction of sp³-hybridized carbons (Fsp3) is 0.182. The minimum atomic E-state index is -0.536. The number of hydrogen-bond acceptors (Lipinski definition) is 3. The van der Waals surface area contributed by atoms with Gasteiger partial charge >= 0.3 is 5.69 Å². The van der Waals surface area contributed by atoms with Gasteiger partial charge in [-0.1, -0.05) is 30.3 Å². The van der Waals surface area contributed by atoms with Crippen LogP contribution in [0.25, 0.3) is 0 Å². The van der Waals surface area contributed by atoms with E-state index in [9.17, 15) is 15.0 Å². The Morgan fingerprint density at radius 1 is 1.25 bits per heavy atom. The van der Waals surface area contributed by atoms with Crippen molar-refractivity contribution in [1.29, 1.82) is 0 Å². The maximum atomic E-state index is 11.5. The second-order valence-corrected chi connectivity index (χ2v) is 3.56. The van der Waals surface area contributed by atoms with Gasteiger partial charge in [0.2, 0.25) is 0 Å². The summed E-state index contributed by atoms with van der Waals surface area (Å²) in [4.78, 5) is 13.6. The number of H-pyrrole nitrogens is 1.